The van der Waals surface area contributed by atoms with Crippen molar-refractivity contribution in [2.45, 2.75) is 26.9 Å². The quantitative estimate of drug-likeness (QED) is 0.867. The summed E-state index contributed by atoms with van der Waals surface area (Å²) in [5, 5.41) is 11.8. The van der Waals surface area contributed by atoms with E-state index in [0.29, 0.717) is 12.5 Å². The highest BCUT2D eigenvalue weighted by molar-refractivity contribution is 5.87. The van der Waals surface area contributed by atoms with Gasteiger partial charge >= 0.3 is 0 Å². The molecule has 0 bridgehead atoms. The van der Waals surface area contributed by atoms with E-state index in [9.17, 15) is 5.11 Å². The highest BCUT2D eigenvalue weighted by atomic mass is 16.5. The van der Waals surface area contributed by atoms with Gasteiger partial charge in [0, 0.05) is 5.56 Å². The van der Waals surface area contributed by atoms with Gasteiger partial charge in [0.2, 0.25) is 0 Å². The molecule has 0 aromatic heterocycles. The van der Waals surface area contributed by atoms with Gasteiger partial charge in [-0.05, 0) is 22.8 Å². The molecule has 0 fully saturated rings. The minimum absolute atomic E-state index is 0.0111. The van der Waals surface area contributed by atoms with E-state index in [1.807, 2.05) is 36.4 Å². The second-order valence-corrected chi connectivity index (χ2v) is 4.75. The van der Waals surface area contributed by atoms with Crippen LogP contribution in [0.1, 0.15) is 25.8 Å². The van der Waals surface area contributed by atoms with Crippen LogP contribution in [0.5, 0.6) is 5.75 Å². The molecule has 0 radical (unpaired) electrons. The van der Waals surface area contributed by atoms with Crippen molar-refractivity contribution in [1.82, 2.24) is 0 Å². The van der Waals surface area contributed by atoms with Crippen LogP contribution < -0.4 is 4.74 Å². The summed E-state index contributed by atoms with van der Waals surface area (Å²) in [4.78, 5) is 0. The zero-order valence-corrected chi connectivity index (χ0v) is 11.0. The number of aliphatic hydroxyl groups excluding tert-OH is 1. The maximum atomic E-state index is 9.56. The topological polar surface area (TPSA) is 29.5 Å². The summed E-state index contributed by atoms with van der Waals surface area (Å²) < 4.78 is 5.83. The number of fused-ring (bicyclic) bond motifs is 1. The minimum atomic E-state index is 0.0111. The summed E-state index contributed by atoms with van der Waals surface area (Å²) in [6, 6.07) is 12.1. The molecule has 0 saturated carbocycles. The van der Waals surface area contributed by atoms with Crippen molar-refractivity contribution in [2.24, 2.45) is 5.92 Å². The maximum absolute atomic E-state index is 9.56. The third-order valence-corrected chi connectivity index (χ3v) is 3.38. The molecule has 2 aromatic carbocycles. The van der Waals surface area contributed by atoms with Gasteiger partial charge < -0.3 is 9.84 Å². The van der Waals surface area contributed by atoms with E-state index in [2.05, 4.69) is 13.8 Å². The van der Waals surface area contributed by atoms with E-state index in [1.165, 1.54) is 0 Å². The average Bonchev–Trinajstić information content (AvgIpc) is 2.43. The first-order valence-electron chi connectivity index (χ1n) is 6.50. The van der Waals surface area contributed by atoms with Crippen LogP contribution in [0.3, 0.4) is 0 Å². The molecular formula is C16H20O2. The normalized spacial score (nSPS) is 12.6. The van der Waals surface area contributed by atoms with E-state index >= 15 is 0 Å². The van der Waals surface area contributed by atoms with E-state index in [4.69, 9.17) is 4.74 Å². The van der Waals surface area contributed by atoms with Crippen LogP contribution in [0, 0.1) is 5.92 Å². The Kier molecular flexibility index (Phi) is 4.21. The van der Waals surface area contributed by atoms with Gasteiger partial charge in [-0.1, -0.05) is 50.6 Å². The van der Waals surface area contributed by atoms with Crippen LogP contribution in [0.25, 0.3) is 10.8 Å². The first-order chi connectivity index (χ1) is 8.76. The number of hydrogen-bond acceptors (Lipinski definition) is 2. The standard InChI is InChI=1S/C16H20O2/c1-3-12(2)11-18-16-9-8-13-6-4-5-7-14(13)15(16)10-17/h4-9,12,17H,3,10-11H2,1-2H3. The van der Waals surface area contributed by atoms with Crippen LogP contribution in [0.4, 0.5) is 0 Å². The van der Waals surface area contributed by atoms with Gasteiger partial charge in [0.1, 0.15) is 5.75 Å². The van der Waals surface area contributed by atoms with Crippen molar-refractivity contribution >= 4 is 10.8 Å². The number of benzene rings is 2. The molecule has 0 spiro atoms. The lowest BCUT2D eigenvalue weighted by atomic mass is 10.0. The Morgan fingerprint density at radius 3 is 2.67 bits per heavy atom. The molecule has 1 unspecified atom stereocenters. The predicted molar refractivity (Wildman–Crippen MR) is 74.8 cm³/mol. The van der Waals surface area contributed by atoms with Crippen molar-refractivity contribution in [2.75, 3.05) is 6.61 Å². The van der Waals surface area contributed by atoms with Crippen LogP contribution in [0.2, 0.25) is 0 Å². The fraction of sp³-hybridized carbons (Fsp3) is 0.375. The van der Waals surface area contributed by atoms with Crippen molar-refractivity contribution in [3.63, 3.8) is 0 Å². The fourth-order valence-electron chi connectivity index (χ4n) is 1.96. The van der Waals surface area contributed by atoms with E-state index < -0.39 is 0 Å². The maximum Gasteiger partial charge on any atom is 0.125 e. The Hall–Kier alpha value is -1.54. The molecule has 1 atom stereocenters. The SMILES string of the molecule is CCC(C)COc1ccc2ccccc2c1CO. The lowest BCUT2D eigenvalue weighted by Gasteiger charge is -2.15. The van der Waals surface area contributed by atoms with Gasteiger partial charge in [-0.15, -0.1) is 0 Å². The first-order valence-corrected chi connectivity index (χ1v) is 6.50. The fourth-order valence-corrected chi connectivity index (χ4v) is 1.96. The van der Waals surface area contributed by atoms with Crippen LogP contribution in [-0.2, 0) is 6.61 Å². The molecule has 2 heteroatoms. The lowest BCUT2D eigenvalue weighted by Crippen LogP contribution is -2.08. The Balaban J connectivity index is 2.33. The van der Waals surface area contributed by atoms with Crippen molar-refractivity contribution < 1.29 is 9.84 Å². The zero-order valence-electron chi connectivity index (χ0n) is 11.0. The van der Waals surface area contributed by atoms with Gasteiger partial charge in [-0.25, -0.2) is 0 Å². The van der Waals surface area contributed by atoms with Crippen molar-refractivity contribution in [3.8, 4) is 5.75 Å². The Morgan fingerprint density at radius 1 is 1.17 bits per heavy atom. The number of aliphatic hydroxyl groups is 1. The Labute approximate surface area is 108 Å². The van der Waals surface area contributed by atoms with Crippen molar-refractivity contribution in [1.29, 1.82) is 0 Å². The van der Waals surface area contributed by atoms with Gasteiger partial charge in [0.05, 0.1) is 13.2 Å². The van der Waals surface area contributed by atoms with Crippen LogP contribution >= 0.6 is 0 Å². The zero-order chi connectivity index (χ0) is 13.0. The molecule has 2 nitrogen and oxygen atoms in total. The largest absolute Gasteiger partial charge is 0.493 e. The molecule has 1 N–H and O–H groups in total. The molecular weight excluding hydrogens is 224 g/mol. The molecule has 96 valence electrons. The second kappa shape index (κ2) is 5.87. The van der Waals surface area contributed by atoms with E-state index in [1.54, 1.807) is 0 Å². The van der Waals surface area contributed by atoms with E-state index in [0.717, 1.165) is 28.5 Å². The van der Waals surface area contributed by atoms with Gasteiger partial charge in [-0.2, -0.15) is 0 Å². The summed E-state index contributed by atoms with van der Waals surface area (Å²) in [5.41, 5.74) is 0.886. The monoisotopic (exact) mass is 244 g/mol. The number of hydrogen-bond donors (Lipinski definition) is 1. The molecule has 2 aromatic rings. The Bertz CT molecular complexity index is 519. The van der Waals surface area contributed by atoms with Crippen LogP contribution in [0.15, 0.2) is 36.4 Å². The molecule has 2 rings (SSSR count). The molecule has 0 amide bonds. The summed E-state index contributed by atoms with van der Waals surface area (Å²) in [6.45, 7) is 5.03. The van der Waals surface area contributed by atoms with Crippen molar-refractivity contribution in [3.05, 3.63) is 42.0 Å². The minimum Gasteiger partial charge on any atom is -0.493 e. The predicted octanol–water partition coefficient (Wildman–Crippen LogP) is 3.76. The highest BCUT2D eigenvalue weighted by Crippen LogP contribution is 2.28. The Morgan fingerprint density at radius 2 is 1.94 bits per heavy atom. The molecule has 0 heterocycles. The molecule has 0 saturated heterocycles. The summed E-state index contributed by atoms with van der Waals surface area (Å²) >= 11 is 0. The highest BCUT2D eigenvalue weighted by Gasteiger charge is 2.09. The number of rotatable bonds is 5. The third kappa shape index (κ3) is 2.65. The van der Waals surface area contributed by atoms with Crippen LogP contribution in [-0.4, -0.2) is 11.7 Å². The summed E-state index contributed by atoms with van der Waals surface area (Å²) in [7, 11) is 0. The summed E-state index contributed by atoms with van der Waals surface area (Å²) in [5.74, 6) is 1.33. The van der Waals surface area contributed by atoms with Gasteiger partial charge in [0.15, 0.2) is 0 Å². The number of ether oxygens (including phenoxy) is 1. The molecule has 18 heavy (non-hydrogen) atoms. The molecule has 0 aliphatic rings. The molecule has 0 aliphatic carbocycles. The average molecular weight is 244 g/mol. The van der Waals surface area contributed by atoms with Gasteiger partial charge in [-0.3, -0.25) is 0 Å². The summed E-state index contributed by atoms with van der Waals surface area (Å²) in [6.07, 6.45) is 1.10. The first kappa shape index (κ1) is 12.9. The smallest absolute Gasteiger partial charge is 0.125 e. The van der Waals surface area contributed by atoms with E-state index in [-0.39, 0.29) is 6.61 Å². The van der Waals surface area contributed by atoms with Gasteiger partial charge in [0.25, 0.3) is 0 Å². The second-order valence-electron chi connectivity index (χ2n) is 4.75. The third-order valence-electron chi connectivity index (χ3n) is 3.38. The molecule has 0 aliphatic heterocycles. The lowest BCUT2D eigenvalue weighted by molar-refractivity contribution is 0.238.